The first kappa shape index (κ1) is 15.9. The predicted octanol–water partition coefficient (Wildman–Crippen LogP) is 5.18. The molecule has 0 heterocycles. The molecule has 1 aromatic rings. The number of carbonyl (C=O) groups excluding carboxylic acids is 1. The molecular formula is C18H28O. The van der Waals surface area contributed by atoms with Crippen molar-refractivity contribution in [1.82, 2.24) is 0 Å². The van der Waals surface area contributed by atoms with E-state index in [-0.39, 0.29) is 5.41 Å². The first-order chi connectivity index (χ1) is 8.55. The summed E-state index contributed by atoms with van der Waals surface area (Å²) in [6, 6.07) is 2.18. The quantitative estimate of drug-likeness (QED) is 0.685. The van der Waals surface area contributed by atoms with Crippen LogP contribution < -0.4 is 0 Å². The van der Waals surface area contributed by atoms with Gasteiger partial charge in [-0.25, -0.2) is 0 Å². The molecule has 19 heavy (non-hydrogen) atoms. The van der Waals surface area contributed by atoms with E-state index in [1.165, 1.54) is 11.1 Å². The molecule has 0 fully saturated rings. The third-order valence-electron chi connectivity index (χ3n) is 4.61. The van der Waals surface area contributed by atoms with E-state index in [1.54, 1.807) is 0 Å². The Hall–Kier alpha value is -1.11. The predicted molar refractivity (Wildman–Crippen MR) is 83.0 cm³/mol. The fourth-order valence-corrected chi connectivity index (χ4v) is 2.32. The molecule has 0 radical (unpaired) electrons. The van der Waals surface area contributed by atoms with Crippen LogP contribution in [0.2, 0.25) is 0 Å². The summed E-state index contributed by atoms with van der Waals surface area (Å²) in [5.74, 6) is 0.684. The van der Waals surface area contributed by atoms with E-state index in [4.69, 9.17) is 0 Å². The van der Waals surface area contributed by atoms with Crippen LogP contribution in [0, 0.1) is 39.0 Å². The number of ketones is 1. The molecule has 0 spiro atoms. The maximum absolute atomic E-state index is 12.6. The van der Waals surface area contributed by atoms with Gasteiger partial charge in [0.05, 0.1) is 0 Å². The average Bonchev–Trinajstić information content (AvgIpc) is 2.25. The second-order valence-electron chi connectivity index (χ2n) is 7.03. The molecule has 0 aliphatic carbocycles. The van der Waals surface area contributed by atoms with Gasteiger partial charge in [-0.3, -0.25) is 4.79 Å². The van der Waals surface area contributed by atoms with Gasteiger partial charge < -0.3 is 0 Å². The van der Waals surface area contributed by atoms with Gasteiger partial charge in [-0.2, -0.15) is 0 Å². The van der Waals surface area contributed by atoms with Crippen LogP contribution >= 0.6 is 0 Å². The largest absolute Gasteiger partial charge is 0.294 e. The monoisotopic (exact) mass is 260 g/mol. The summed E-state index contributed by atoms with van der Waals surface area (Å²) in [7, 11) is 0. The molecule has 0 saturated heterocycles. The second kappa shape index (κ2) is 5.48. The minimum absolute atomic E-state index is 0.177. The van der Waals surface area contributed by atoms with Crippen molar-refractivity contribution in [3.05, 3.63) is 33.9 Å². The third-order valence-corrected chi connectivity index (χ3v) is 4.61. The Bertz CT molecular complexity index is 463. The average molecular weight is 260 g/mol. The van der Waals surface area contributed by atoms with Gasteiger partial charge in [-0.15, -0.1) is 0 Å². The Morgan fingerprint density at radius 2 is 1.47 bits per heavy atom. The van der Waals surface area contributed by atoms with Gasteiger partial charge in [0.25, 0.3) is 0 Å². The van der Waals surface area contributed by atoms with E-state index in [9.17, 15) is 4.79 Å². The maximum Gasteiger partial charge on any atom is 0.163 e. The molecule has 0 bridgehead atoms. The van der Waals surface area contributed by atoms with Gasteiger partial charge in [0.1, 0.15) is 0 Å². The number of Topliss-reactive ketones (excluding diaryl/α,β-unsaturated/α-hetero) is 1. The molecular weight excluding hydrogens is 232 g/mol. The van der Waals surface area contributed by atoms with Crippen LogP contribution in [-0.4, -0.2) is 5.78 Å². The molecule has 0 aliphatic heterocycles. The lowest BCUT2D eigenvalue weighted by molar-refractivity contribution is 0.0926. The van der Waals surface area contributed by atoms with E-state index < -0.39 is 0 Å². The van der Waals surface area contributed by atoms with Gasteiger partial charge in [-0.05, 0) is 61.3 Å². The van der Waals surface area contributed by atoms with Crippen molar-refractivity contribution in [3.8, 4) is 0 Å². The zero-order chi connectivity index (χ0) is 15.0. The van der Waals surface area contributed by atoms with E-state index in [2.05, 4.69) is 61.5 Å². The highest BCUT2D eigenvalue weighted by atomic mass is 16.1. The van der Waals surface area contributed by atoms with Crippen LogP contribution in [0.4, 0.5) is 0 Å². The van der Waals surface area contributed by atoms with Crippen LogP contribution in [0.1, 0.15) is 66.7 Å². The molecule has 106 valence electrons. The molecule has 1 atom stereocenters. The van der Waals surface area contributed by atoms with Crippen molar-refractivity contribution < 1.29 is 4.79 Å². The van der Waals surface area contributed by atoms with Crippen molar-refractivity contribution in [3.63, 3.8) is 0 Å². The normalized spacial score (nSPS) is 13.5. The van der Waals surface area contributed by atoms with E-state index in [0.29, 0.717) is 18.1 Å². The summed E-state index contributed by atoms with van der Waals surface area (Å²) >= 11 is 0. The molecule has 1 aromatic carbocycles. The minimum Gasteiger partial charge on any atom is -0.294 e. The Labute approximate surface area is 118 Å². The minimum atomic E-state index is 0.177. The van der Waals surface area contributed by atoms with Crippen LogP contribution in [0.15, 0.2) is 6.07 Å². The molecule has 1 heteroatoms. The van der Waals surface area contributed by atoms with Gasteiger partial charge >= 0.3 is 0 Å². The molecule has 0 N–H and O–H groups in total. The van der Waals surface area contributed by atoms with Crippen molar-refractivity contribution >= 4 is 5.78 Å². The molecule has 0 aliphatic rings. The Morgan fingerprint density at radius 1 is 1.05 bits per heavy atom. The molecule has 0 saturated carbocycles. The fraction of sp³-hybridized carbons (Fsp3) is 0.611. The number of rotatable bonds is 3. The first-order valence-electron chi connectivity index (χ1n) is 7.16. The summed E-state index contributed by atoms with van der Waals surface area (Å²) in [4.78, 5) is 12.6. The first-order valence-corrected chi connectivity index (χ1v) is 7.16. The highest BCUT2D eigenvalue weighted by Gasteiger charge is 2.25. The Balaban J connectivity index is 3.14. The standard InChI is InChI=1S/C18H28O/c1-11-9-12(2)15(5)17(14(11)4)16(19)10-13(3)18(6,7)8/h9,13H,10H2,1-8H3. The van der Waals surface area contributed by atoms with Crippen LogP contribution in [-0.2, 0) is 0 Å². The number of hydrogen-bond donors (Lipinski definition) is 0. The van der Waals surface area contributed by atoms with E-state index >= 15 is 0 Å². The summed E-state index contributed by atoms with van der Waals surface area (Å²) in [6.07, 6.45) is 0.633. The topological polar surface area (TPSA) is 17.1 Å². The maximum atomic E-state index is 12.6. The Kier molecular flexibility index (Phi) is 4.60. The molecule has 0 amide bonds. The number of carbonyl (C=O) groups is 1. The zero-order valence-electron chi connectivity index (χ0n) is 13.8. The third kappa shape index (κ3) is 3.46. The SMILES string of the molecule is Cc1cc(C)c(C)c(C(=O)CC(C)C(C)(C)C)c1C. The summed E-state index contributed by atoms with van der Waals surface area (Å²) in [6.45, 7) is 17.1. The summed E-state index contributed by atoms with van der Waals surface area (Å²) in [5, 5.41) is 0. The summed E-state index contributed by atoms with van der Waals surface area (Å²) in [5.41, 5.74) is 5.86. The molecule has 0 aromatic heterocycles. The van der Waals surface area contributed by atoms with E-state index in [1.807, 2.05) is 0 Å². The van der Waals surface area contributed by atoms with Gasteiger partial charge in [0.2, 0.25) is 0 Å². The number of aryl methyl sites for hydroxylation is 2. The van der Waals surface area contributed by atoms with Gasteiger partial charge in [0.15, 0.2) is 5.78 Å². The smallest absolute Gasteiger partial charge is 0.163 e. The fourth-order valence-electron chi connectivity index (χ4n) is 2.32. The Morgan fingerprint density at radius 3 is 1.84 bits per heavy atom. The van der Waals surface area contributed by atoms with Crippen LogP contribution in [0.5, 0.6) is 0 Å². The number of hydrogen-bond acceptors (Lipinski definition) is 1. The number of benzene rings is 1. The van der Waals surface area contributed by atoms with Gasteiger partial charge in [-0.1, -0.05) is 33.8 Å². The van der Waals surface area contributed by atoms with Gasteiger partial charge in [0, 0.05) is 12.0 Å². The lowest BCUT2D eigenvalue weighted by atomic mass is 9.77. The molecule has 1 rings (SSSR count). The van der Waals surface area contributed by atoms with Crippen molar-refractivity contribution in [1.29, 1.82) is 0 Å². The molecule has 1 unspecified atom stereocenters. The highest BCUT2D eigenvalue weighted by molar-refractivity contribution is 5.99. The van der Waals surface area contributed by atoms with Crippen LogP contribution in [0.3, 0.4) is 0 Å². The lowest BCUT2D eigenvalue weighted by Crippen LogP contribution is -2.21. The summed E-state index contributed by atoms with van der Waals surface area (Å²) < 4.78 is 0. The van der Waals surface area contributed by atoms with Crippen molar-refractivity contribution in [2.75, 3.05) is 0 Å². The molecule has 1 nitrogen and oxygen atoms in total. The van der Waals surface area contributed by atoms with Crippen LogP contribution in [0.25, 0.3) is 0 Å². The highest BCUT2D eigenvalue weighted by Crippen LogP contribution is 2.31. The van der Waals surface area contributed by atoms with E-state index in [0.717, 1.165) is 16.7 Å². The van der Waals surface area contributed by atoms with Crippen molar-refractivity contribution in [2.45, 2.75) is 61.8 Å². The second-order valence-corrected chi connectivity index (χ2v) is 7.03. The van der Waals surface area contributed by atoms with Crippen molar-refractivity contribution in [2.24, 2.45) is 11.3 Å². The lowest BCUT2D eigenvalue weighted by Gasteiger charge is -2.27. The zero-order valence-corrected chi connectivity index (χ0v) is 13.8.